The highest BCUT2D eigenvalue weighted by Crippen LogP contribution is 2.35. The second-order valence-corrected chi connectivity index (χ2v) is 6.37. The maximum absolute atomic E-state index is 11.8. The normalized spacial score (nSPS) is 12.0. The molecule has 0 radical (unpaired) electrons. The first-order chi connectivity index (χ1) is 7.74. The minimum Gasteiger partial charge on any atom is -0.258 e. The van der Waals surface area contributed by atoms with Crippen molar-refractivity contribution in [1.82, 2.24) is 4.72 Å². The minimum absolute atomic E-state index is 0.326. The molecule has 0 aromatic carbocycles. The van der Waals surface area contributed by atoms with Crippen LogP contribution in [0.1, 0.15) is 0 Å². The molecule has 0 spiro atoms. The number of nitrogens with zero attached hydrogens (tertiary/aromatic N) is 1. The summed E-state index contributed by atoms with van der Waals surface area (Å²) in [5.41, 5.74) is -0.575. The molecule has 1 aromatic heterocycles. The van der Waals surface area contributed by atoms with Crippen LogP contribution in [-0.4, -0.2) is 26.3 Å². The molecule has 0 saturated carbocycles. The van der Waals surface area contributed by atoms with Crippen LogP contribution in [0.5, 0.6) is 0 Å². The van der Waals surface area contributed by atoms with Crippen molar-refractivity contribution in [3.05, 3.63) is 20.5 Å². The minimum atomic E-state index is -4.19. The Morgan fingerprint density at radius 3 is 2.59 bits per heavy atom. The monoisotopic (exact) mass is 306 g/mol. The summed E-state index contributed by atoms with van der Waals surface area (Å²) >= 11 is 5.87. The number of halogens is 3. The molecule has 11 heteroatoms. The van der Waals surface area contributed by atoms with E-state index in [0.29, 0.717) is 11.3 Å². The fourth-order valence-electron chi connectivity index (χ4n) is 0.839. The highest BCUT2D eigenvalue weighted by Gasteiger charge is 2.25. The number of rotatable bonds is 5. The summed E-state index contributed by atoms with van der Waals surface area (Å²) < 4.78 is 47.3. The van der Waals surface area contributed by atoms with E-state index in [1.807, 2.05) is 0 Å². The van der Waals surface area contributed by atoms with Crippen LogP contribution in [0.4, 0.5) is 14.5 Å². The van der Waals surface area contributed by atoms with Crippen LogP contribution in [-0.2, 0) is 10.0 Å². The van der Waals surface area contributed by atoms with E-state index in [2.05, 4.69) is 0 Å². The van der Waals surface area contributed by atoms with Gasteiger partial charge < -0.3 is 0 Å². The van der Waals surface area contributed by atoms with Gasteiger partial charge in [-0.15, -0.1) is 11.3 Å². The summed E-state index contributed by atoms with van der Waals surface area (Å²) in [5, 5.41) is 10.4. The highest BCUT2D eigenvalue weighted by molar-refractivity contribution is 7.91. The first-order valence-corrected chi connectivity index (χ1v) is 6.63. The number of hydrogen-bond acceptors (Lipinski definition) is 5. The lowest BCUT2D eigenvalue weighted by atomic mass is 10.6. The van der Waals surface area contributed by atoms with Gasteiger partial charge in [0.15, 0.2) is 4.34 Å². The molecule has 0 saturated heterocycles. The Kier molecular flexibility index (Phi) is 4.36. The van der Waals surface area contributed by atoms with Gasteiger partial charge in [-0.1, -0.05) is 11.6 Å². The van der Waals surface area contributed by atoms with E-state index in [0.717, 1.165) is 6.07 Å². The molecule has 1 N–H and O–H groups in total. The van der Waals surface area contributed by atoms with E-state index in [9.17, 15) is 27.3 Å². The second-order valence-electron chi connectivity index (χ2n) is 2.72. The SMILES string of the molecule is O=[N+]([O-])c1cc(S(=O)(=O)NCC(F)F)sc1Cl. The molecule has 0 aliphatic heterocycles. The largest absolute Gasteiger partial charge is 0.300 e. The molecule has 0 fully saturated rings. The fourth-order valence-corrected chi connectivity index (χ4v) is 3.55. The van der Waals surface area contributed by atoms with Gasteiger partial charge in [-0.05, 0) is 0 Å². The van der Waals surface area contributed by atoms with Crippen LogP contribution in [0.15, 0.2) is 10.3 Å². The number of sulfonamides is 1. The van der Waals surface area contributed by atoms with Gasteiger partial charge in [-0.3, -0.25) is 10.1 Å². The molecule has 0 bridgehead atoms. The smallest absolute Gasteiger partial charge is 0.258 e. The molecule has 1 aromatic rings. The zero-order valence-corrected chi connectivity index (χ0v) is 10.3. The van der Waals surface area contributed by atoms with Crippen molar-refractivity contribution >= 4 is 38.6 Å². The third-order valence-corrected chi connectivity index (χ3v) is 4.77. The predicted molar refractivity (Wildman–Crippen MR) is 57.2 cm³/mol. The van der Waals surface area contributed by atoms with Gasteiger partial charge in [0.25, 0.3) is 22.1 Å². The summed E-state index contributed by atoms with van der Waals surface area (Å²) in [5.74, 6) is 0. The molecule has 0 amide bonds. The fraction of sp³-hybridized carbons (Fsp3) is 0.333. The molecule has 96 valence electrons. The molecule has 1 rings (SSSR count). The van der Waals surface area contributed by atoms with E-state index < -0.39 is 37.8 Å². The lowest BCUT2D eigenvalue weighted by molar-refractivity contribution is -0.384. The van der Waals surface area contributed by atoms with Crippen LogP contribution in [0.25, 0.3) is 0 Å². The van der Waals surface area contributed by atoms with Gasteiger partial charge in [0, 0.05) is 6.07 Å². The van der Waals surface area contributed by atoms with Crippen LogP contribution in [0.2, 0.25) is 4.34 Å². The molecule has 17 heavy (non-hydrogen) atoms. The van der Waals surface area contributed by atoms with E-state index >= 15 is 0 Å². The van der Waals surface area contributed by atoms with Crippen LogP contribution in [0.3, 0.4) is 0 Å². The Bertz CT molecular complexity index is 530. The van der Waals surface area contributed by atoms with Gasteiger partial charge in [0.1, 0.15) is 4.21 Å². The average Bonchev–Trinajstić information content (AvgIpc) is 2.58. The number of nitrogens with one attached hydrogen (secondary N) is 1. The van der Waals surface area contributed by atoms with Crippen molar-refractivity contribution in [3.8, 4) is 0 Å². The topological polar surface area (TPSA) is 89.3 Å². The lowest BCUT2D eigenvalue weighted by Gasteiger charge is -2.02. The molecule has 0 aliphatic rings. The van der Waals surface area contributed by atoms with Crippen molar-refractivity contribution in [3.63, 3.8) is 0 Å². The van der Waals surface area contributed by atoms with Crippen LogP contribution < -0.4 is 4.72 Å². The molecule has 1 heterocycles. The molecule has 0 unspecified atom stereocenters. The van der Waals surface area contributed by atoms with Gasteiger partial charge in [0.05, 0.1) is 11.5 Å². The first-order valence-electron chi connectivity index (χ1n) is 3.95. The van der Waals surface area contributed by atoms with Gasteiger partial charge in [-0.2, -0.15) is 0 Å². The zero-order chi connectivity index (χ0) is 13.2. The van der Waals surface area contributed by atoms with Gasteiger partial charge >= 0.3 is 0 Å². The first kappa shape index (κ1) is 14.2. The lowest BCUT2D eigenvalue weighted by Crippen LogP contribution is -2.28. The maximum Gasteiger partial charge on any atom is 0.300 e. The number of thiophene rings is 1. The molecule has 6 nitrogen and oxygen atoms in total. The second kappa shape index (κ2) is 5.21. The third-order valence-electron chi connectivity index (χ3n) is 1.54. The van der Waals surface area contributed by atoms with E-state index in [4.69, 9.17) is 11.6 Å². The molecule has 0 atom stereocenters. The van der Waals surface area contributed by atoms with Gasteiger partial charge in [0.2, 0.25) is 0 Å². The van der Waals surface area contributed by atoms with Crippen molar-refractivity contribution in [1.29, 1.82) is 0 Å². The summed E-state index contributed by atoms with van der Waals surface area (Å²) in [6.07, 6.45) is -2.85. The van der Waals surface area contributed by atoms with Crippen LogP contribution in [0, 0.1) is 10.1 Å². The van der Waals surface area contributed by atoms with Crippen molar-refractivity contribution < 1.29 is 22.1 Å². The van der Waals surface area contributed by atoms with Crippen molar-refractivity contribution in [2.45, 2.75) is 10.6 Å². The summed E-state index contributed by atoms with van der Waals surface area (Å²) in [4.78, 5) is 9.56. The number of alkyl halides is 2. The summed E-state index contributed by atoms with van der Waals surface area (Å²) in [7, 11) is -4.19. The highest BCUT2D eigenvalue weighted by atomic mass is 35.5. The Balaban J connectivity index is 3.00. The van der Waals surface area contributed by atoms with Crippen LogP contribution >= 0.6 is 22.9 Å². The van der Waals surface area contributed by atoms with E-state index in [1.54, 1.807) is 4.72 Å². The quantitative estimate of drug-likeness (QED) is 0.664. The maximum atomic E-state index is 11.8. The Hall–Kier alpha value is -0.840. The zero-order valence-electron chi connectivity index (χ0n) is 7.89. The van der Waals surface area contributed by atoms with E-state index in [1.165, 1.54) is 0 Å². The van der Waals surface area contributed by atoms with Crippen molar-refractivity contribution in [2.24, 2.45) is 0 Å². The number of nitro groups is 1. The standard InChI is InChI=1S/C6H5ClF2N2O4S2/c7-6-3(11(12)13)1-5(16-6)17(14,15)10-2-4(8)9/h1,4,10H,2H2. The predicted octanol–water partition coefficient (Wildman–Crippen LogP) is 1.85. The molecule has 0 aliphatic carbocycles. The summed E-state index contributed by atoms with van der Waals surface area (Å²) in [6, 6.07) is 0.723. The Labute approximate surface area is 103 Å². The number of hydrogen-bond donors (Lipinski definition) is 1. The summed E-state index contributed by atoms with van der Waals surface area (Å²) in [6.45, 7) is -1.06. The average molecular weight is 307 g/mol. The Morgan fingerprint density at radius 2 is 2.18 bits per heavy atom. The Morgan fingerprint density at radius 1 is 1.59 bits per heavy atom. The van der Waals surface area contributed by atoms with E-state index in [-0.39, 0.29) is 4.34 Å². The molecular weight excluding hydrogens is 302 g/mol. The van der Waals surface area contributed by atoms with Crippen molar-refractivity contribution in [2.75, 3.05) is 6.54 Å². The molecular formula is C6H5ClF2N2O4S2. The van der Waals surface area contributed by atoms with Gasteiger partial charge in [-0.25, -0.2) is 21.9 Å². The third kappa shape index (κ3) is 3.56.